The lowest BCUT2D eigenvalue weighted by molar-refractivity contribution is -0.120. The van der Waals surface area contributed by atoms with Gasteiger partial charge in [-0.2, -0.15) is 0 Å². The monoisotopic (exact) mass is 476 g/mol. The van der Waals surface area contributed by atoms with Crippen LogP contribution in [0.3, 0.4) is 0 Å². The van der Waals surface area contributed by atoms with Crippen molar-refractivity contribution in [3.8, 4) is 5.75 Å². The summed E-state index contributed by atoms with van der Waals surface area (Å²) in [5.74, 6) is -0.736. The fourth-order valence-electron chi connectivity index (χ4n) is 3.47. The Bertz CT molecular complexity index is 1250. The van der Waals surface area contributed by atoms with Crippen molar-refractivity contribution in [3.63, 3.8) is 0 Å². The molecule has 0 fully saturated rings. The quantitative estimate of drug-likeness (QED) is 0.398. The Balaban J connectivity index is 1.76. The van der Waals surface area contributed by atoms with Crippen LogP contribution < -0.4 is 10.1 Å². The first-order valence-corrected chi connectivity index (χ1v) is 11.2. The summed E-state index contributed by atoms with van der Waals surface area (Å²) in [5, 5.41) is 4.63. The first-order chi connectivity index (χ1) is 16.6. The summed E-state index contributed by atoms with van der Waals surface area (Å²) < 4.78 is 18.8. The van der Waals surface area contributed by atoms with Crippen LogP contribution in [-0.2, 0) is 11.3 Å². The fraction of sp³-hybridized carbons (Fsp3) is 0.120. The highest BCUT2D eigenvalue weighted by molar-refractivity contribution is 7.10. The van der Waals surface area contributed by atoms with Gasteiger partial charge in [-0.05, 0) is 41.8 Å². The Kier molecular flexibility index (Phi) is 7.24. The largest absolute Gasteiger partial charge is 0.496 e. The molecule has 9 heteroatoms. The van der Waals surface area contributed by atoms with E-state index in [1.807, 2.05) is 29.6 Å². The standard InChI is InChI=1S/C25H21FN4O3S/c1-33-21-6-3-2-5-17(21)16-30(25(32)20-15-27-12-13-28-20)23(22-7-4-14-34-22)24(31)29-19-10-8-18(26)9-11-19/h2-15,23H,16H2,1H3,(H,29,31)/t23-/m0/s1. The Morgan fingerprint density at radius 3 is 2.56 bits per heavy atom. The topological polar surface area (TPSA) is 84.4 Å². The molecule has 2 aromatic carbocycles. The van der Waals surface area contributed by atoms with E-state index < -0.39 is 23.7 Å². The van der Waals surface area contributed by atoms with Crippen LogP contribution in [0.2, 0.25) is 0 Å². The second-order valence-corrected chi connectivity index (χ2v) is 8.23. The molecule has 0 radical (unpaired) electrons. The summed E-state index contributed by atoms with van der Waals surface area (Å²) >= 11 is 1.35. The number of hydrogen-bond donors (Lipinski definition) is 1. The van der Waals surface area contributed by atoms with Crippen LogP contribution in [0.5, 0.6) is 5.75 Å². The normalized spacial score (nSPS) is 11.5. The van der Waals surface area contributed by atoms with E-state index in [9.17, 15) is 14.0 Å². The second kappa shape index (κ2) is 10.7. The highest BCUT2D eigenvalue weighted by Gasteiger charge is 2.34. The number of benzene rings is 2. The molecule has 1 atom stereocenters. The van der Waals surface area contributed by atoms with Gasteiger partial charge in [-0.15, -0.1) is 11.3 Å². The number of carbonyl (C=O) groups is 2. The zero-order chi connectivity index (χ0) is 23.9. The number of halogens is 1. The number of para-hydroxylation sites is 1. The van der Waals surface area contributed by atoms with Crippen LogP contribution in [0.15, 0.2) is 84.6 Å². The van der Waals surface area contributed by atoms with E-state index in [1.165, 1.54) is 59.1 Å². The first-order valence-electron chi connectivity index (χ1n) is 10.4. The van der Waals surface area contributed by atoms with Gasteiger partial charge in [0.25, 0.3) is 11.8 Å². The van der Waals surface area contributed by atoms with Gasteiger partial charge in [0.1, 0.15) is 23.3 Å². The van der Waals surface area contributed by atoms with Crippen LogP contribution in [-0.4, -0.2) is 33.8 Å². The maximum atomic E-state index is 13.6. The van der Waals surface area contributed by atoms with Crippen LogP contribution in [0.4, 0.5) is 10.1 Å². The minimum Gasteiger partial charge on any atom is -0.496 e. The molecular formula is C25H21FN4O3S. The van der Waals surface area contributed by atoms with Crippen LogP contribution in [0, 0.1) is 5.82 Å². The van der Waals surface area contributed by atoms with Crippen LogP contribution in [0.25, 0.3) is 0 Å². The molecule has 1 N–H and O–H groups in total. The third-order valence-corrected chi connectivity index (χ3v) is 5.99. The summed E-state index contributed by atoms with van der Waals surface area (Å²) in [6, 6.07) is 15.4. The molecule has 7 nitrogen and oxygen atoms in total. The van der Waals surface area contributed by atoms with Crippen LogP contribution in [0.1, 0.15) is 27.0 Å². The number of aromatic nitrogens is 2. The molecule has 2 aromatic heterocycles. The number of amides is 2. The Morgan fingerprint density at radius 1 is 1.09 bits per heavy atom. The molecule has 2 amide bonds. The van der Waals surface area contributed by atoms with E-state index in [2.05, 4.69) is 15.3 Å². The molecule has 0 bridgehead atoms. The van der Waals surface area contributed by atoms with Crippen molar-refractivity contribution >= 4 is 28.8 Å². The number of hydrogen-bond acceptors (Lipinski definition) is 6. The zero-order valence-corrected chi connectivity index (χ0v) is 19.0. The maximum absolute atomic E-state index is 13.6. The average Bonchev–Trinajstić information content (AvgIpc) is 3.40. The van der Waals surface area contributed by atoms with Gasteiger partial charge in [0.2, 0.25) is 0 Å². The number of thiophene rings is 1. The summed E-state index contributed by atoms with van der Waals surface area (Å²) in [4.78, 5) is 37.4. The molecule has 2 heterocycles. The minimum absolute atomic E-state index is 0.0822. The summed E-state index contributed by atoms with van der Waals surface area (Å²) in [6.45, 7) is 0.0822. The smallest absolute Gasteiger partial charge is 0.275 e. The predicted molar refractivity (Wildman–Crippen MR) is 127 cm³/mol. The Labute approximate surface area is 199 Å². The average molecular weight is 477 g/mol. The molecule has 0 unspecified atom stereocenters. The third kappa shape index (κ3) is 5.26. The molecule has 0 aliphatic heterocycles. The van der Waals surface area contributed by atoms with E-state index in [1.54, 1.807) is 19.2 Å². The van der Waals surface area contributed by atoms with Crippen molar-refractivity contribution in [3.05, 3.63) is 107 Å². The fourth-order valence-corrected chi connectivity index (χ4v) is 4.30. The van der Waals surface area contributed by atoms with E-state index in [-0.39, 0.29) is 12.2 Å². The molecule has 0 aliphatic carbocycles. The van der Waals surface area contributed by atoms with Gasteiger partial charge in [0.15, 0.2) is 0 Å². The first kappa shape index (κ1) is 23.1. The molecule has 34 heavy (non-hydrogen) atoms. The van der Waals surface area contributed by atoms with E-state index in [0.29, 0.717) is 16.3 Å². The Hall–Kier alpha value is -4.11. The van der Waals surface area contributed by atoms with Crippen molar-refractivity contribution in [1.82, 2.24) is 14.9 Å². The molecule has 0 aliphatic rings. The lowest BCUT2D eigenvalue weighted by Gasteiger charge is -2.30. The van der Waals surface area contributed by atoms with Crippen molar-refractivity contribution in [2.24, 2.45) is 0 Å². The summed E-state index contributed by atoms with van der Waals surface area (Å²) in [5.41, 5.74) is 1.24. The van der Waals surface area contributed by atoms with Gasteiger partial charge in [-0.1, -0.05) is 24.3 Å². The van der Waals surface area contributed by atoms with E-state index in [4.69, 9.17) is 4.74 Å². The summed E-state index contributed by atoms with van der Waals surface area (Å²) in [6.07, 6.45) is 4.26. The van der Waals surface area contributed by atoms with Crippen LogP contribution >= 0.6 is 11.3 Å². The maximum Gasteiger partial charge on any atom is 0.275 e. The molecule has 0 saturated heterocycles. The van der Waals surface area contributed by atoms with E-state index >= 15 is 0 Å². The third-order valence-electron chi connectivity index (χ3n) is 5.06. The number of nitrogens with one attached hydrogen (secondary N) is 1. The minimum atomic E-state index is -0.982. The number of carbonyl (C=O) groups excluding carboxylic acids is 2. The van der Waals surface area contributed by atoms with Gasteiger partial charge in [0, 0.05) is 28.5 Å². The second-order valence-electron chi connectivity index (χ2n) is 7.25. The van der Waals surface area contributed by atoms with Crippen molar-refractivity contribution in [2.45, 2.75) is 12.6 Å². The molecule has 4 aromatic rings. The zero-order valence-electron chi connectivity index (χ0n) is 18.2. The SMILES string of the molecule is COc1ccccc1CN(C(=O)c1cnccn1)[C@H](C(=O)Nc1ccc(F)cc1)c1cccs1. The highest BCUT2D eigenvalue weighted by Crippen LogP contribution is 2.31. The number of anilines is 1. The van der Waals surface area contributed by atoms with E-state index in [0.717, 1.165) is 5.56 Å². The number of nitrogens with zero attached hydrogens (tertiary/aromatic N) is 3. The molecule has 0 saturated carbocycles. The molecular weight excluding hydrogens is 455 g/mol. The molecule has 4 rings (SSSR count). The van der Waals surface area contributed by atoms with Gasteiger partial charge < -0.3 is 15.0 Å². The lowest BCUT2D eigenvalue weighted by Crippen LogP contribution is -2.41. The highest BCUT2D eigenvalue weighted by atomic mass is 32.1. The lowest BCUT2D eigenvalue weighted by atomic mass is 10.1. The van der Waals surface area contributed by atoms with Gasteiger partial charge in [-0.25, -0.2) is 9.37 Å². The number of ether oxygens (including phenoxy) is 1. The number of methoxy groups -OCH3 is 1. The Morgan fingerprint density at radius 2 is 1.88 bits per heavy atom. The van der Waals surface area contributed by atoms with Crippen molar-refractivity contribution in [2.75, 3.05) is 12.4 Å². The summed E-state index contributed by atoms with van der Waals surface area (Å²) in [7, 11) is 1.55. The molecule has 0 spiro atoms. The van der Waals surface area contributed by atoms with Gasteiger partial charge in [0.05, 0.1) is 19.9 Å². The van der Waals surface area contributed by atoms with Crippen molar-refractivity contribution in [1.29, 1.82) is 0 Å². The van der Waals surface area contributed by atoms with Crippen molar-refractivity contribution < 1.29 is 18.7 Å². The predicted octanol–water partition coefficient (Wildman–Crippen LogP) is 4.71. The van der Waals surface area contributed by atoms with Gasteiger partial charge in [-0.3, -0.25) is 14.6 Å². The number of rotatable bonds is 8. The molecule has 172 valence electrons. The van der Waals surface area contributed by atoms with Gasteiger partial charge >= 0.3 is 0 Å².